The molecule has 2 unspecified atom stereocenters. The molecular formula is C43H50N6O9S. The molecule has 0 aliphatic carbocycles. The van der Waals surface area contributed by atoms with Crippen molar-refractivity contribution in [1.82, 2.24) is 20.9 Å². The third kappa shape index (κ3) is 11.1. The van der Waals surface area contributed by atoms with Crippen molar-refractivity contribution >= 4 is 64.1 Å². The molecule has 0 radical (unpaired) electrons. The van der Waals surface area contributed by atoms with E-state index in [0.717, 1.165) is 62.7 Å². The van der Waals surface area contributed by atoms with Crippen LogP contribution >= 0.6 is 11.3 Å². The van der Waals surface area contributed by atoms with Crippen molar-refractivity contribution in [3.8, 4) is 23.8 Å². The third-order valence-corrected chi connectivity index (χ3v) is 11.1. The number of nitrogens with one attached hydrogen (secondary N) is 4. The molecule has 0 saturated carbocycles. The maximum Gasteiger partial charge on any atom is 0.303 e. The number of anilines is 2. The zero-order chi connectivity index (χ0) is 42.3. The van der Waals surface area contributed by atoms with Gasteiger partial charge in [-0.3, -0.25) is 48.7 Å². The highest BCUT2D eigenvalue weighted by molar-refractivity contribution is 7.10. The molecule has 0 bridgehead atoms. The van der Waals surface area contributed by atoms with Gasteiger partial charge in [0, 0.05) is 36.1 Å². The van der Waals surface area contributed by atoms with Crippen molar-refractivity contribution < 1.29 is 43.0 Å². The summed E-state index contributed by atoms with van der Waals surface area (Å²) in [5, 5.41) is 12.8. The van der Waals surface area contributed by atoms with Crippen LogP contribution in [0, 0.1) is 12.3 Å². The average Bonchev–Trinajstić information content (AvgIpc) is 3.86. The highest BCUT2D eigenvalue weighted by atomic mass is 32.1. The molecule has 1 fully saturated rings. The minimum Gasteiger partial charge on any atom is -0.497 e. The summed E-state index contributed by atoms with van der Waals surface area (Å²) in [5.74, 6) is -0.889. The summed E-state index contributed by atoms with van der Waals surface area (Å²) in [4.78, 5) is 92.3. The zero-order valence-electron chi connectivity index (χ0n) is 33.3. The molecule has 16 heteroatoms. The van der Waals surface area contributed by atoms with Crippen LogP contribution in [-0.4, -0.2) is 86.1 Å². The van der Waals surface area contributed by atoms with Gasteiger partial charge < -0.3 is 25.4 Å². The molecule has 2 aromatic carbocycles. The number of benzene rings is 2. The van der Waals surface area contributed by atoms with E-state index in [9.17, 15) is 33.6 Å². The van der Waals surface area contributed by atoms with E-state index in [1.165, 1.54) is 30.5 Å². The van der Waals surface area contributed by atoms with Gasteiger partial charge in [-0.15, -0.1) is 17.8 Å². The van der Waals surface area contributed by atoms with Crippen LogP contribution in [0.4, 0.5) is 11.4 Å². The maximum atomic E-state index is 13.6. The molecule has 1 saturated heterocycles. The SMILES string of the molecule is C#CC(=O)N(c1ccc(OC)cc1OC)C(C(=O)NCC(=O)NCCCCCCCCCCCNc1cccc2c1C(=O)N(C1CCC(=O)NC1=O)C2=O)c1cccs1. The number of nitrogens with zero attached hydrogens (tertiary/aromatic N) is 2. The molecule has 59 heavy (non-hydrogen) atoms. The van der Waals surface area contributed by atoms with Gasteiger partial charge in [-0.25, -0.2) is 0 Å². The Morgan fingerprint density at radius 3 is 2.25 bits per heavy atom. The fraction of sp³-hybridized carbons (Fsp3) is 0.419. The zero-order valence-corrected chi connectivity index (χ0v) is 34.1. The number of carbonyl (C=O) groups is 7. The van der Waals surface area contributed by atoms with Gasteiger partial charge in [-0.1, -0.05) is 57.1 Å². The Balaban J connectivity index is 0.951. The lowest BCUT2D eigenvalue weighted by Crippen LogP contribution is -2.54. The van der Waals surface area contributed by atoms with Gasteiger partial charge in [0.15, 0.2) is 6.04 Å². The number of ether oxygens (including phenoxy) is 2. The molecule has 312 valence electrons. The largest absolute Gasteiger partial charge is 0.497 e. The van der Waals surface area contributed by atoms with Gasteiger partial charge in [0.2, 0.25) is 23.6 Å². The van der Waals surface area contributed by atoms with Crippen LogP contribution in [-0.2, 0) is 24.0 Å². The van der Waals surface area contributed by atoms with E-state index in [0.29, 0.717) is 29.4 Å². The van der Waals surface area contributed by atoms with E-state index < -0.39 is 47.5 Å². The fourth-order valence-electron chi connectivity index (χ4n) is 7.17. The van der Waals surface area contributed by atoms with Gasteiger partial charge in [-0.2, -0.15) is 0 Å². The Bertz CT molecular complexity index is 2060. The molecule has 2 atom stereocenters. The number of methoxy groups -OCH3 is 2. The first-order valence-electron chi connectivity index (χ1n) is 19.8. The lowest BCUT2D eigenvalue weighted by molar-refractivity contribution is -0.136. The van der Waals surface area contributed by atoms with Crippen molar-refractivity contribution in [2.45, 2.75) is 82.7 Å². The quantitative estimate of drug-likeness (QED) is 0.0626. The second kappa shape index (κ2) is 21.5. The summed E-state index contributed by atoms with van der Waals surface area (Å²) >= 11 is 1.28. The molecule has 5 rings (SSSR count). The third-order valence-electron chi connectivity index (χ3n) is 10.2. The first kappa shape index (κ1) is 43.9. The summed E-state index contributed by atoms with van der Waals surface area (Å²) < 4.78 is 10.8. The Morgan fingerprint density at radius 1 is 0.898 bits per heavy atom. The number of fused-ring (bicyclic) bond motifs is 1. The van der Waals surface area contributed by atoms with Crippen LogP contribution in [0.5, 0.6) is 11.5 Å². The molecular weight excluding hydrogens is 777 g/mol. The van der Waals surface area contributed by atoms with Crippen LogP contribution in [0.25, 0.3) is 0 Å². The molecule has 15 nitrogen and oxygen atoms in total. The van der Waals surface area contributed by atoms with Crippen LogP contribution in [0.3, 0.4) is 0 Å². The van der Waals surface area contributed by atoms with Crippen molar-refractivity contribution in [3.63, 3.8) is 0 Å². The molecule has 2 aliphatic heterocycles. The Labute approximate surface area is 347 Å². The Kier molecular flexibility index (Phi) is 16.0. The van der Waals surface area contributed by atoms with E-state index in [1.807, 2.05) is 0 Å². The topological polar surface area (TPSA) is 193 Å². The molecule has 4 N–H and O–H groups in total. The number of terminal acetylenes is 1. The number of imide groups is 2. The van der Waals surface area contributed by atoms with E-state index in [4.69, 9.17) is 15.9 Å². The first-order valence-corrected chi connectivity index (χ1v) is 20.7. The Hall–Kier alpha value is -6.21. The van der Waals surface area contributed by atoms with Crippen LogP contribution in [0.1, 0.15) is 102 Å². The number of piperidine rings is 1. The van der Waals surface area contributed by atoms with Crippen LogP contribution in [0.15, 0.2) is 53.9 Å². The molecule has 1 aromatic heterocycles. The standard InChI is InChI=1S/C43H50N6O9S/c1-4-37(52)48(31-20-19-28(57-2)26-33(31)58-3)39(34-18-15-25-59-34)41(54)46-27-36(51)45-24-13-11-9-7-5-6-8-10-12-23-44-30-17-14-16-29-38(30)43(56)49(42(29)55)32-21-22-35(50)47-40(32)53/h1,14-20,25-26,32,39,44H,5-13,21-24,27H2,2-3H3,(H,45,51)(H,46,54)(H,47,50,53). The first-order chi connectivity index (χ1) is 28.6. The minimum atomic E-state index is -1.15. The van der Waals surface area contributed by atoms with Gasteiger partial charge >= 0.3 is 5.91 Å². The van der Waals surface area contributed by atoms with E-state index in [2.05, 4.69) is 27.2 Å². The van der Waals surface area contributed by atoms with E-state index in [1.54, 1.807) is 53.9 Å². The number of thiophene rings is 1. The lowest BCUT2D eigenvalue weighted by atomic mass is 10.0. The minimum absolute atomic E-state index is 0.0722. The molecule has 0 spiro atoms. The number of amides is 7. The van der Waals surface area contributed by atoms with Gasteiger partial charge in [0.05, 0.1) is 37.6 Å². The number of rotatable bonds is 22. The number of unbranched alkanes of at least 4 members (excludes halogenated alkanes) is 8. The summed E-state index contributed by atoms with van der Waals surface area (Å²) in [5.41, 5.74) is 1.36. The fourth-order valence-corrected chi connectivity index (χ4v) is 7.98. The second-order valence-corrected chi connectivity index (χ2v) is 15.1. The molecule has 2 aliphatic rings. The second-order valence-electron chi connectivity index (χ2n) is 14.1. The number of hydrogen-bond donors (Lipinski definition) is 4. The van der Waals surface area contributed by atoms with Crippen LogP contribution < -0.4 is 35.6 Å². The normalized spacial score (nSPS) is 15.1. The van der Waals surface area contributed by atoms with Crippen molar-refractivity contribution in [2.24, 2.45) is 0 Å². The predicted octanol–water partition coefficient (Wildman–Crippen LogP) is 4.73. The van der Waals surface area contributed by atoms with E-state index in [-0.39, 0.29) is 47.9 Å². The number of carbonyl (C=O) groups excluding carboxylic acids is 7. The van der Waals surface area contributed by atoms with Gasteiger partial charge in [0.25, 0.3) is 11.8 Å². The predicted molar refractivity (Wildman–Crippen MR) is 222 cm³/mol. The summed E-state index contributed by atoms with van der Waals surface area (Å²) in [6, 6.07) is 11.2. The van der Waals surface area contributed by atoms with Gasteiger partial charge in [0.1, 0.15) is 17.5 Å². The smallest absolute Gasteiger partial charge is 0.303 e. The lowest BCUT2D eigenvalue weighted by Gasteiger charge is -2.30. The maximum absolute atomic E-state index is 13.6. The highest BCUT2D eigenvalue weighted by Gasteiger charge is 2.45. The van der Waals surface area contributed by atoms with Crippen molar-refractivity contribution in [2.75, 3.05) is 44.1 Å². The monoisotopic (exact) mass is 826 g/mol. The highest BCUT2D eigenvalue weighted by Crippen LogP contribution is 2.38. The summed E-state index contributed by atoms with van der Waals surface area (Å²) in [6.45, 7) is 0.826. The van der Waals surface area contributed by atoms with Gasteiger partial charge in [-0.05, 0) is 60.9 Å². The average molecular weight is 827 g/mol. The molecule has 3 aromatic rings. The number of hydrogen-bond acceptors (Lipinski definition) is 11. The van der Waals surface area contributed by atoms with E-state index >= 15 is 0 Å². The van der Waals surface area contributed by atoms with Crippen LogP contribution in [0.2, 0.25) is 0 Å². The van der Waals surface area contributed by atoms with Crippen molar-refractivity contribution in [3.05, 3.63) is 69.9 Å². The molecule has 7 amide bonds. The van der Waals surface area contributed by atoms with Crippen molar-refractivity contribution in [1.29, 1.82) is 0 Å². The Morgan fingerprint density at radius 2 is 1.61 bits per heavy atom. The molecule has 3 heterocycles. The summed E-state index contributed by atoms with van der Waals surface area (Å²) in [7, 11) is 2.93. The summed E-state index contributed by atoms with van der Waals surface area (Å²) in [6.07, 6.45) is 14.7.